The third kappa shape index (κ3) is 1.16. The van der Waals surface area contributed by atoms with Gasteiger partial charge in [0, 0.05) is 31.4 Å². The molecule has 0 aromatic carbocycles. The lowest BCUT2D eigenvalue weighted by Gasteiger charge is -2.22. The molecule has 0 N–H and O–H groups in total. The van der Waals surface area contributed by atoms with Gasteiger partial charge in [0.1, 0.15) is 0 Å². The normalized spacial score (nSPS) is 35.1. The Morgan fingerprint density at radius 3 is 2.79 bits per heavy atom. The zero-order valence-electron chi connectivity index (χ0n) is 8.48. The molecule has 3 heterocycles. The minimum absolute atomic E-state index is 0.650. The lowest BCUT2D eigenvalue weighted by molar-refractivity contribution is 0.343. The molecule has 2 aliphatic heterocycles. The van der Waals surface area contributed by atoms with Crippen LogP contribution in [0.1, 0.15) is 23.7 Å². The molecule has 2 fully saturated rings. The van der Waals surface area contributed by atoms with Crippen molar-refractivity contribution < 1.29 is 0 Å². The van der Waals surface area contributed by atoms with Crippen LogP contribution in [-0.2, 0) is 0 Å². The Bertz CT molecular complexity index is 350. The van der Waals surface area contributed by atoms with E-state index in [9.17, 15) is 0 Å². The quantitative estimate of drug-likeness (QED) is 0.665. The van der Waals surface area contributed by atoms with Crippen molar-refractivity contribution in [2.24, 2.45) is 5.92 Å². The average molecular weight is 189 g/mol. The van der Waals surface area contributed by atoms with Gasteiger partial charge in [-0.15, -0.1) is 0 Å². The predicted molar refractivity (Wildman–Crippen MR) is 54.1 cm³/mol. The van der Waals surface area contributed by atoms with E-state index in [1.54, 1.807) is 6.20 Å². The summed E-state index contributed by atoms with van der Waals surface area (Å²) in [6, 6.07) is 0. The van der Waals surface area contributed by atoms with Crippen molar-refractivity contribution in [3.8, 4) is 0 Å². The number of aryl methyl sites for hydroxylation is 1. The predicted octanol–water partition coefficient (Wildman–Crippen LogP) is 1.20. The van der Waals surface area contributed by atoms with E-state index in [0.717, 1.165) is 11.6 Å². The standard InChI is InChI=1S/C11H15N3/c1-8-11(13-4-3-12-8)10-7-14-5-2-9(10)6-14/h3-4,9-10H,2,5-7H2,1H3/t9?,10-/m1/s1. The van der Waals surface area contributed by atoms with E-state index in [1.807, 2.05) is 6.20 Å². The second kappa shape index (κ2) is 3.02. The van der Waals surface area contributed by atoms with Gasteiger partial charge in [-0.3, -0.25) is 9.97 Å². The maximum absolute atomic E-state index is 4.49. The number of piperidine rings is 1. The molecule has 0 spiro atoms. The zero-order valence-corrected chi connectivity index (χ0v) is 8.48. The van der Waals surface area contributed by atoms with Gasteiger partial charge in [-0.25, -0.2) is 0 Å². The summed E-state index contributed by atoms with van der Waals surface area (Å²) in [4.78, 5) is 11.4. The number of fused-ring (bicyclic) bond motifs is 2. The summed E-state index contributed by atoms with van der Waals surface area (Å²) in [5.74, 6) is 1.49. The number of aromatic nitrogens is 2. The number of nitrogens with zero attached hydrogens (tertiary/aromatic N) is 3. The summed E-state index contributed by atoms with van der Waals surface area (Å²) in [6.07, 6.45) is 4.96. The first-order valence-corrected chi connectivity index (χ1v) is 5.34. The smallest absolute Gasteiger partial charge is 0.0662 e. The maximum atomic E-state index is 4.49. The van der Waals surface area contributed by atoms with Crippen LogP contribution >= 0.6 is 0 Å². The number of hydrogen-bond donors (Lipinski definition) is 0. The van der Waals surface area contributed by atoms with Crippen LogP contribution in [0, 0.1) is 12.8 Å². The first kappa shape index (κ1) is 8.36. The van der Waals surface area contributed by atoms with Crippen LogP contribution in [0.15, 0.2) is 12.4 Å². The molecule has 74 valence electrons. The minimum atomic E-state index is 0.650. The van der Waals surface area contributed by atoms with Gasteiger partial charge in [0.15, 0.2) is 0 Å². The van der Waals surface area contributed by atoms with Crippen molar-refractivity contribution in [2.75, 3.05) is 19.6 Å². The van der Waals surface area contributed by atoms with Gasteiger partial charge in [-0.2, -0.15) is 0 Å². The van der Waals surface area contributed by atoms with Gasteiger partial charge < -0.3 is 4.90 Å². The first-order chi connectivity index (χ1) is 6.84. The summed E-state index contributed by atoms with van der Waals surface area (Å²) >= 11 is 0. The highest BCUT2D eigenvalue weighted by atomic mass is 15.2. The van der Waals surface area contributed by atoms with E-state index >= 15 is 0 Å². The Balaban J connectivity index is 1.93. The minimum Gasteiger partial charge on any atom is -0.302 e. The van der Waals surface area contributed by atoms with Crippen molar-refractivity contribution in [3.05, 3.63) is 23.8 Å². The Hall–Kier alpha value is -0.960. The summed E-state index contributed by atoms with van der Waals surface area (Å²) in [7, 11) is 0. The van der Waals surface area contributed by atoms with Crippen LogP contribution in [0.25, 0.3) is 0 Å². The van der Waals surface area contributed by atoms with Crippen LogP contribution in [0.4, 0.5) is 0 Å². The highest BCUT2D eigenvalue weighted by Gasteiger charge is 2.39. The summed E-state index contributed by atoms with van der Waals surface area (Å²) < 4.78 is 0. The molecule has 0 radical (unpaired) electrons. The summed E-state index contributed by atoms with van der Waals surface area (Å²) in [5, 5.41) is 0. The van der Waals surface area contributed by atoms with Crippen LogP contribution in [0.3, 0.4) is 0 Å². The van der Waals surface area contributed by atoms with E-state index in [4.69, 9.17) is 0 Å². The summed E-state index contributed by atoms with van der Waals surface area (Å²) in [5.41, 5.74) is 2.35. The van der Waals surface area contributed by atoms with Gasteiger partial charge in [0.2, 0.25) is 0 Å². The Labute approximate surface area is 84.2 Å². The monoisotopic (exact) mass is 189 g/mol. The molecule has 0 saturated carbocycles. The number of rotatable bonds is 1. The molecule has 1 aromatic rings. The van der Waals surface area contributed by atoms with Gasteiger partial charge in [0.05, 0.1) is 11.4 Å². The SMILES string of the molecule is Cc1nccnc1[C@@H]1CN2CCC1C2. The van der Waals surface area contributed by atoms with E-state index in [-0.39, 0.29) is 0 Å². The van der Waals surface area contributed by atoms with Crippen LogP contribution < -0.4 is 0 Å². The Morgan fingerprint density at radius 2 is 2.14 bits per heavy atom. The molecule has 2 saturated heterocycles. The van der Waals surface area contributed by atoms with E-state index in [0.29, 0.717) is 5.92 Å². The van der Waals surface area contributed by atoms with Crippen molar-refractivity contribution in [3.63, 3.8) is 0 Å². The molecule has 3 nitrogen and oxygen atoms in total. The number of hydrogen-bond acceptors (Lipinski definition) is 3. The van der Waals surface area contributed by atoms with Gasteiger partial charge in [0.25, 0.3) is 0 Å². The Morgan fingerprint density at radius 1 is 1.29 bits per heavy atom. The molecule has 3 heteroatoms. The second-order valence-corrected chi connectivity index (χ2v) is 4.44. The second-order valence-electron chi connectivity index (χ2n) is 4.44. The van der Waals surface area contributed by atoms with Gasteiger partial charge in [-0.05, 0) is 25.8 Å². The third-order valence-corrected chi connectivity index (χ3v) is 3.60. The highest BCUT2D eigenvalue weighted by molar-refractivity contribution is 5.19. The van der Waals surface area contributed by atoms with Crippen molar-refractivity contribution in [1.29, 1.82) is 0 Å². The van der Waals surface area contributed by atoms with E-state index in [1.165, 1.54) is 31.7 Å². The lowest BCUT2D eigenvalue weighted by Crippen LogP contribution is -2.23. The molecule has 2 aliphatic rings. The zero-order chi connectivity index (χ0) is 9.54. The summed E-state index contributed by atoms with van der Waals surface area (Å²) in [6.45, 7) is 5.84. The molecule has 3 atom stereocenters. The molecular formula is C11H15N3. The van der Waals surface area contributed by atoms with E-state index in [2.05, 4.69) is 21.8 Å². The molecule has 2 bridgehead atoms. The molecular weight excluding hydrogens is 174 g/mol. The molecule has 14 heavy (non-hydrogen) atoms. The molecule has 3 rings (SSSR count). The van der Waals surface area contributed by atoms with Crippen LogP contribution in [-0.4, -0.2) is 34.5 Å². The van der Waals surface area contributed by atoms with Crippen LogP contribution in [0.5, 0.6) is 0 Å². The fourth-order valence-corrected chi connectivity index (χ4v) is 2.88. The van der Waals surface area contributed by atoms with Crippen molar-refractivity contribution >= 4 is 0 Å². The van der Waals surface area contributed by atoms with E-state index < -0.39 is 0 Å². The average Bonchev–Trinajstić information content (AvgIpc) is 2.79. The maximum Gasteiger partial charge on any atom is 0.0662 e. The molecule has 0 amide bonds. The first-order valence-electron chi connectivity index (χ1n) is 5.34. The molecule has 1 aromatic heterocycles. The lowest BCUT2D eigenvalue weighted by atomic mass is 9.89. The van der Waals surface area contributed by atoms with Crippen LogP contribution in [0.2, 0.25) is 0 Å². The highest BCUT2D eigenvalue weighted by Crippen LogP contribution is 2.39. The van der Waals surface area contributed by atoms with Crippen molar-refractivity contribution in [1.82, 2.24) is 14.9 Å². The third-order valence-electron chi connectivity index (χ3n) is 3.60. The topological polar surface area (TPSA) is 29.0 Å². The fraction of sp³-hybridized carbons (Fsp3) is 0.636. The van der Waals surface area contributed by atoms with Gasteiger partial charge in [-0.1, -0.05) is 0 Å². The van der Waals surface area contributed by atoms with Crippen molar-refractivity contribution in [2.45, 2.75) is 19.3 Å². The molecule has 0 aliphatic carbocycles. The molecule has 2 unspecified atom stereocenters. The Kier molecular flexibility index (Phi) is 1.80. The van der Waals surface area contributed by atoms with Gasteiger partial charge >= 0.3 is 0 Å². The fourth-order valence-electron chi connectivity index (χ4n) is 2.88. The largest absolute Gasteiger partial charge is 0.302 e.